The predicted octanol–water partition coefficient (Wildman–Crippen LogP) is 2.08. The molecule has 3 heterocycles. The van der Waals surface area contributed by atoms with Crippen molar-refractivity contribution in [1.82, 2.24) is 23.1 Å². The summed E-state index contributed by atoms with van der Waals surface area (Å²) in [5, 5.41) is 0. The van der Waals surface area contributed by atoms with Gasteiger partial charge in [-0.2, -0.15) is 4.98 Å². The summed E-state index contributed by atoms with van der Waals surface area (Å²) in [5.74, 6) is 0.627. The van der Waals surface area contributed by atoms with Gasteiger partial charge in [0, 0.05) is 31.2 Å². The van der Waals surface area contributed by atoms with Gasteiger partial charge in [0.05, 0.1) is 0 Å². The summed E-state index contributed by atoms with van der Waals surface area (Å²) in [6, 6.07) is 6.21. The van der Waals surface area contributed by atoms with E-state index in [9.17, 15) is 9.59 Å². The molecule has 4 rings (SSSR count). The molecule has 0 spiro atoms. The summed E-state index contributed by atoms with van der Waals surface area (Å²) in [6.45, 7) is 8.24. The van der Waals surface area contributed by atoms with Crippen LogP contribution in [-0.4, -0.2) is 23.1 Å². The lowest BCUT2D eigenvalue weighted by atomic mass is 10.1. The summed E-state index contributed by atoms with van der Waals surface area (Å²) >= 11 is 0. The van der Waals surface area contributed by atoms with Crippen molar-refractivity contribution in [3.63, 3.8) is 0 Å². The number of fused-ring (bicyclic) bond motifs is 3. The summed E-state index contributed by atoms with van der Waals surface area (Å²) in [7, 11) is 1.65. The highest BCUT2D eigenvalue weighted by Crippen LogP contribution is 2.22. The number of aromatic nitrogens is 5. The van der Waals surface area contributed by atoms with Gasteiger partial charge in [-0.15, -0.1) is 0 Å². The van der Waals surface area contributed by atoms with E-state index in [2.05, 4.69) is 31.0 Å². The van der Waals surface area contributed by atoms with Crippen molar-refractivity contribution in [3.8, 4) is 5.69 Å². The van der Waals surface area contributed by atoms with Crippen molar-refractivity contribution in [2.45, 2.75) is 34.2 Å². The summed E-state index contributed by atoms with van der Waals surface area (Å²) in [6.07, 6.45) is 1.89. The van der Waals surface area contributed by atoms with E-state index in [-0.39, 0.29) is 11.2 Å². The number of imidazole rings is 2. The minimum Gasteiger partial charge on any atom is -0.283 e. The predicted molar refractivity (Wildman–Crippen MR) is 101 cm³/mol. The van der Waals surface area contributed by atoms with Crippen LogP contribution in [0.5, 0.6) is 0 Å². The molecule has 7 heteroatoms. The molecule has 0 atom stereocenters. The van der Waals surface area contributed by atoms with Crippen LogP contribution in [0.15, 0.2) is 34.0 Å². The maximum absolute atomic E-state index is 12.8. The Kier molecular flexibility index (Phi) is 3.44. The second-order valence-corrected chi connectivity index (χ2v) is 6.72. The van der Waals surface area contributed by atoms with Crippen molar-refractivity contribution in [1.29, 1.82) is 0 Å². The second-order valence-electron chi connectivity index (χ2n) is 6.72. The highest BCUT2D eigenvalue weighted by atomic mass is 16.2. The smallest absolute Gasteiger partial charge is 0.283 e. The molecule has 134 valence electrons. The molecule has 0 aliphatic heterocycles. The van der Waals surface area contributed by atoms with E-state index >= 15 is 0 Å². The Bertz CT molecular complexity index is 1300. The van der Waals surface area contributed by atoms with E-state index in [0.717, 1.165) is 11.4 Å². The molecule has 3 aromatic heterocycles. The molecule has 4 aromatic rings. The molecule has 0 aliphatic rings. The first-order valence-corrected chi connectivity index (χ1v) is 8.62. The van der Waals surface area contributed by atoms with Crippen molar-refractivity contribution in [2.75, 3.05) is 0 Å². The third kappa shape index (κ3) is 2.03. The lowest BCUT2D eigenvalue weighted by Gasteiger charge is -2.08. The van der Waals surface area contributed by atoms with E-state index < -0.39 is 0 Å². The Morgan fingerprint density at radius 2 is 1.81 bits per heavy atom. The Hall–Kier alpha value is -3.09. The van der Waals surface area contributed by atoms with Crippen molar-refractivity contribution >= 4 is 16.9 Å². The van der Waals surface area contributed by atoms with Crippen LogP contribution < -0.4 is 11.2 Å². The summed E-state index contributed by atoms with van der Waals surface area (Å²) in [5.41, 5.74) is 4.52. The number of benzene rings is 1. The molecule has 1 aromatic carbocycles. The molecule has 0 saturated heterocycles. The van der Waals surface area contributed by atoms with Gasteiger partial charge in [-0.3, -0.25) is 22.9 Å². The van der Waals surface area contributed by atoms with Gasteiger partial charge in [-0.1, -0.05) is 6.07 Å². The summed E-state index contributed by atoms with van der Waals surface area (Å²) < 4.78 is 6.47. The van der Waals surface area contributed by atoms with Crippen LogP contribution in [0, 0.1) is 20.8 Å². The first-order chi connectivity index (χ1) is 12.3. The number of aryl methyl sites for hydroxylation is 4. The maximum Gasteiger partial charge on any atom is 0.332 e. The van der Waals surface area contributed by atoms with Crippen molar-refractivity contribution in [2.24, 2.45) is 7.05 Å². The number of rotatable bonds is 2. The molecular formula is C19H21N5O2. The fourth-order valence-electron chi connectivity index (χ4n) is 3.47. The third-order valence-electron chi connectivity index (χ3n) is 5.09. The second kappa shape index (κ2) is 5.45. The monoisotopic (exact) mass is 351 g/mol. The van der Waals surface area contributed by atoms with Crippen LogP contribution in [0.3, 0.4) is 0 Å². The third-order valence-corrected chi connectivity index (χ3v) is 5.09. The van der Waals surface area contributed by atoms with Gasteiger partial charge in [-0.25, -0.2) is 4.79 Å². The zero-order valence-electron chi connectivity index (χ0n) is 15.6. The summed E-state index contributed by atoms with van der Waals surface area (Å²) in [4.78, 5) is 29.9. The first kappa shape index (κ1) is 16.4. The SMILES string of the molecule is CCn1c(=O)c2c(nc3n(-c4ccc(C)c(C)c4)c(C)cn23)n(C)c1=O. The molecule has 0 unspecified atom stereocenters. The fraction of sp³-hybridized carbons (Fsp3) is 0.316. The van der Waals surface area contributed by atoms with Gasteiger partial charge in [0.15, 0.2) is 11.2 Å². The van der Waals surface area contributed by atoms with Gasteiger partial charge >= 0.3 is 5.69 Å². The fourth-order valence-corrected chi connectivity index (χ4v) is 3.47. The van der Waals surface area contributed by atoms with Gasteiger partial charge in [0.1, 0.15) is 0 Å². The number of nitrogens with zero attached hydrogens (tertiary/aromatic N) is 5. The molecule has 0 bridgehead atoms. The Morgan fingerprint density at radius 1 is 1.08 bits per heavy atom. The van der Waals surface area contributed by atoms with Crippen LogP contribution in [0.2, 0.25) is 0 Å². The minimum absolute atomic E-state index is 0.310. The van der Waals surface area contributed by atoms with Crippen molar-refractivity contribution in [3.05, 3.63) is 62.1 Å². The molecule has 7 nitrogen and oxygen atoms in total. The van der Waals surface area contributed by atoms with Gasteiger partial charge < -0.3 is 0 Å². The zero-order chi connectivity index (χ0) is 18.7. The topological polar surface area (TPSA) is 66.2 Å². The average molecular weight is 351 g/mol. The van der Waals surface area contributed by atoms with Gasteiger partial charge in [0.25, 0.3) is 5.56 Å². The highest BCUT2D eigenvalue weighted by Gasteiger charge is 2.20. The Morgan fingerprint density at radius 3 is 2.46 bits per heavy atom. The molecule has 0 amide bonds. The van der Waals surface area contributed by atoms with E-state index in [1.165, 1.54) is 20.3 Å². The quantitative estimate of drug-likeness (QED) is 0.555. The Balaban J connectivity index is 2.16. The zero-order valence-corrected chi connectivity index (χ0v) is 15.6. The first-order valence-electron chi connectivity index (χ1n) is 8.62. The van der Waals surface area contributed by atoms with Crippen molar-refractivity contribution < 1.29 is 0 Å². The van der Waals surface area contributed by atoms with Crippen LogP contribution in [-0.2, 0) is 13.6 Å². The van der Waals surface area contributed by atoms with E-state index in [1.807, 2.05) is 23.8 Å². The molecular weight excluding hydrogens is 330 g/mol. The van der Waals surface area contributed by atoms with Crippen LogP contribution in [0.1, 0.15) is 23.7 Å². The molecule has 0 saturated carbocycles. The van der Waals surface area contributed by atoms with E-state index in [4.69, 9.17) is 0 Å². The molecule has 0 fully saturated rings. The lowest BCUT2D eigenvalue weighted by Crippen LogP contribution is -2.38. The molecule has 26 heavy (non-hydrogen) atoms. The van der Waals surface area contributed by atoms with Gasteiger partial charge in [-0.05, 0) is 51.0 Å². The average Bonchev–Trinajstić information content (AvgIpc) is 3.10. The standard InChI is InChI=1S/C19H21N5O2/c1-6-22-17(25)15-16(21(5)19(22)26)20-18-23(15)10-13(4)24(18)14-8-7-11(2)12(3)9-14/h7-10H,6H2,1-5H3. The molecule has 0 aliphatic carbocycles. The Labute approximate surface area is 149 Å². The van der Waals surface area contributed by atoms with Crippen LogP contribution in [0.4, 0.5) is 0 Å². The van der Waals surface area contributed by atoms with E-state index in [1.54, 1.807) is 18.4 Å². The largest absolute Gasteiger partial charge is 0.332 e. The van der Waals surface area contributed by atoms with E-state index in [0.29, 0.717) is 23.5 Å². The maximum atomic E-state index is 12.8. The normalized spacial score (nSPS) is 11.7. The molecule has 0 radical (unpaired) electrons. The molecule has 0 N–H and O–H groups in total. The van der Waals surface area contributed by atoms with Crippen LogP contribution in [0.25, 0.3) is 22.6 Å². The highest BCUT2D eigenvalue weighted by molar-refractivity contribution is 5.76. The van der Waals surface area contributed by atoms with Crippen LogP contribution >= 0.6 is 0 Å². The number of hydrogen-bond donors (Lipinski definition) is 0. The minimum atomic E-state index is -0.347. The lowest BCUT2D eigenvalue weighted by molar-refractivity contribution is 0.637. The van der Waals surface area contributed by atoms with Gasteiger partial charge in [0.2, 0.25) is 5.78 Å². The number of hydrogen-bond acceptors (Lipinski definition) is 3.